The van der Waals surface area contributed by atoms with Crippen LogP contribution >= 0.6 is 0 Å². The predicted octanol–water partition coefficient (Wildman–Crippen LogP) is 1.77. The molecule has 0 N–H and O–H groups in total. The third kappa shape index (κ3) is 3.30. The number of rotatable bonds is 2. The summed E-state index contributed by atoms with van der Waals surface area (Å²) < 4.78 is 10.6. The molecule has 1 aromatic carbocycles. The van der Waals surface area contributed by atoms with E-state index < -0.39 is 6.09 Å². The zero-order valence-electron chi connectivity index (χ0n) is 13.7. The average molecular weight is 329 g/mol. The summed E-state index contributed by atoms with van der Waals surface area (Å²) in [5, 5.41) is 0.631. The minimum atomic E-state index is -0.479. The molecule has 24 heavy (non-hydrogen) atoms. The zero-order chi connectivity index (χ0) is 17.1. The molecule has 1 aliphatic heterocycles. The Morgan fingerprint density at radius 3 is 2.71 bits per heavy atom. The van der Waals surface area contributed by atoms with E-state index in [2.05, 4.69) is 4.98 Å². The van der Waals surface area contributed by atoms with Crippen LogP contribution < -0.4 is 4.74 Å². The number of morpholine rings is 1. The van der Waals surface area contributed by atoms with Gasteiger partial charge in [0.2, 0.25) is 0 Å². The van der Waals surface area contributed by atoms with Crippen molar-refractivity contribution in [1.29, 1.82) is 0 Å². The number of amides is 2. The van der Waals surface area contributed by atoms with Crippen LogP contribution in [0.5, 0.6) is 5.75 Å². The molecule has 0 saturated carbocycles. The van der Waals surface area contributed by atoms with Crippen molar-refractivity contribution in [3.05, 3.63) is 36.0 Å². The van der Waals surface area contributed by atoms with Gasteiger partial charge < -0.3 is 19.3 Å². The number of nitrogens with zero attached hydrogens (tertiary/aromatic N) is 3. The lowest BCUT2D eigenvalue weighted by atomic mass is 10.1. The molecule has 3 rings (SSSR count). The number of pyridine rings is 1. The van der Waals surface area contributed by atoms with E-state index in [1.807, 2.05) is 6.07 Å². The lowest BCUT2D eigenvalue weighted by molar-refractivity contribution is 0.0303. The molecule has 1 saturated heterocycles. The lowest BCUT2D eigenvalue weighted by Crippen LogP contribution is -2.40. The molecule has 1 aromatic heterocycles. The standard InChI is InChI=1S/C17H19N3O4/c1-19(2)17(22)24-15-5-3-4-14-13(15)10-12(11-18-14)16(21)20-6-8-23-9-7-20/h3-5,10-11H,6-9H2,1-2H3. The topological polar surface area (TPSA) is 72.0 Å². The van der Waals surface area contributed by atoms with Crippen LogP contribution in [0.25, 0.3) is 10.9 Å². The maximum Gasteiger partial charge on any atom is 0.414 e. The quantitative estimate of drug-likeness (QED) is 0.839. The fourth-order valence-electron chi connectivity index (χ4n) is 2.46. The van der Waals surface area contributed by atoms with Gasteiger partial charge >= 0.3 is 6.09 Å². The second-order valence-electron chi connectivity index (χ2n) is 5.71. The van der Waals surface area contributed by atoms with Crippen LogP contribution in [-0.4, -0.2) is 67.2 Å². The van der Waals surface area contributed by atoms with Crippen molar-refractivity contribution in [2.45, 2.75) is 0 Å². The Labute approximate surface area is 139 Å². The summed E-state index contributed by atoms with van der Waals surface area (Å²) in [5.41, 5.74) is 1.13. The fourth-order valence-corrected chi connectivity index (χ4v) is 2.46. The molecule has 2 heterocycles. The van der Waals surface area contributed by atoms with Crippen molar-refractivity contribution < 1.29 is 19.1 Å². The van der Waals surface area contributed by atoms with Crippen molar-refractivity contribution in [3.63, 3.8) is 0 Å². The van der Waals surface area contributed by atoms with Crippen molar-refractivity contribution in [1.82, 2.24) is 14.8 Å². The van der Waals surface area contributed by atoms with Crippen molar-refractivity contribution in [3.8, 4) is 5.75 Å². The van der Waals surface area contributed by atoms with E-state index in [9.17, 15) is 9.59 Å². The maximum absolute atomic E-state index is 12.6. The summed E-state index contributed by atoms with van der Waals surface area (Å²) in [6.45, 7) is 2.21. The SMILES string of the molecule is CN(C)C(=O)Oc1cccc2ncc(C(=O)N3CCOCC3)cc12. The average Bonchev–Trinajstić information content (AvgIpc) is 2.61. The number of carbonyl (C=O) groups excluding carboxylic acids is 2. The van der Waals surface area contributed by atoms with Gasteiger partial charge in [0.25, 0.3) is 5.91 Å². The van der Waals surface area contributed by atoms with Crippen LogP contribution in [0.2, 0.25) is 0 Å². The molecule has 0 aliphatic carbocycles. The fraction of sp³-hybridized carbons (Fsp3) is 0.353. The number of benzene rings is 1. The first-order chi connectivity index (χ1) is 11.6. The normalized spacial score (nSPS) is 14.5. The minimum absolute atomic E-state index is 0.0959. The summed E-state index contributed by atoms with van der Waals surface area (Å²) in [4.78, 5) is 31.8. The lowest BCUT2D eigenvalue weighted by Gasteiger charge is -2.26. The number of aromatic nitrogens is 1. The molecule has 1 aliphatic rings. The van der Waals surface area contributed by atoms with Crippen molar-refractivity contribution >= 4 is 22.9 Å². The first kappa shape index (κ1) is 16.2. The van der Waals surface area contributed by atoms with Gasteiger partial charge in [0.15, 0.2) is 0 Å². The summed E-state index contributed by atoms with van der Waals surface area (Å²) in [7, 11) is 3.22. The van der Waals surface area contributed by atoms with Gasteiger partial charge in [-0.15, -0.1) is 0 Å². The number of hydrogen-bond acceptors (Lipinski definition) is 5. The van der Waals surface area contributed by atoms with E-state index >= 15 is 0 Å². The smallest absolute Gasteiger partial charge is 0.409 e. The second kappa shape index (κ2) is 6.84. The van der Waals surface area contributed by atoms with E-state index in [4.69, 9.17) is 9.47 Å². The van der Waals surface area contributed by atoms with Gasteiger partial charge in [-0.1, -0.05) is 6.07 Å². The number of hydrogen-bond donors (Lipinski definition) is 0. The Bertz CT molecular complexity index is 770. The van der Waals surface area contributed by atoms with Gasteiger partial charge in [-0.2, -0.15) is 0 Å². The molecule has 1 fully saturated rings. The highest BCUT2D eigenvalue weighted by Gasteiger charge is 2.20. The molecule has 7 heteroatoms. The molecule has 7 nitrogen and oxygen atoms in total. The van der Waals surface area contributed by atoms with E-state index in [1.54, 1.807) is 43.4 Å². The minimum Gasteiger partial charge on any atom is -0.409 e. The van der Waals surface area contributed by atoms with Crippen molar-refractivity contribution in [2.24, 2.45) is 0 Å². The van der Waals surface area contributed by atoms with Gasteiger partial charge in [-0.3, -0.25) is 9.78 Å². The number of fused-ring (bicyclic) bond motifs is 1. The molecule has 0 radical (unpaired) electrons. The van der Waals surface area contributed by atoms with Crippen LogP contribution in [0.3, 0.4) is 0 Å². The van der Waals surface area contributed by atoms with Crippen LogP contribution in [0.1, 0.15) is 10.4 Å². The Morgan fingerprint density at radius 1 is 1.25 bits per heavy atom. The highest BCUT2D eigenvalue weighted by Crippen LogP contribution is 2.26. The van der Waals surface area contributed by atoms with E-state index in [0.717, 1.165) is 0 Å². The highest BCUT2D eigenvalue weighted by atomic mass is 16.6. The molecule has 0 spiro atoms. The van der Waals surface area contributed by atoms with E-state index in [1.165, 1.54) is 4.90 Å². The molecule has 2 amide bonds. The van der Waals surface area contributed by atoms with Gasteiger partial charge in [-0.25, -0.2) is 4.79 Å². The third-order valence-electron chi connectivity index (χ3n) is 3.79. The molecule has 0 unspecified atom stereocenters. The number of carbonyl (C=O) groups is 2. The Hall–Kier alpha value is -2.67. The second-order valence-corrected chi connectivity index (χ2v) is 5.71. The van der Waals surface area contributed by atoms with Crippen molar-refractivity contribution in [2.75, 3.05) is 40.4 Å². The Kier molecular flexibility index (Phi) is 4.61. The first-order valence-electron chi connectivity index (χ1n) is 7.71. The van der Waals surface area contributed by atoms with Gasteiger partial charge in [0, 0.05) is 38.8 Å². The van der Waals surface area contributed by atoms with Gasteiger partial charge in [-0.05, 0) is 18.2 Å². The molecule has 126 valence electrons. The molecular formula is C17H19N3O4. The predicted molar refractivity (Wildman–Crippen MR) is 88.2 cm³/mol. The van der Waals surface area contributed by atoms with E-state index in [0.29, 0.717) is 48.5 Å². The van der Waals surface area contributed by atoms with Crippen LogP contribution in [0, 0.1) is 0 Å². The molecule has 0 bridgehead atoms. The third-order valence-corrected chi connectivity index (χ3v) is 3.79. The molecule has 0 atom stereocenters. The van der Waals surface area contributed by atoms with E-state index in [-0.39, 0.29) is 5.91 Å². The van der Waals surface area contributed by atoms with Crippen LogP contribution in [0.15, 0.2) is 30.5 Å². The van der Waals surface area contributed by atoms with Crippen LogP contribution in [-0.2, 0) is 4.74 Å². The zero-order valence-corrected chi connectivity index (χ0v) is 13.7. The maximum atomic E-state index is 12.6. The monoisotopic (exact) mass is 329 g/mol. The molecule has 2 aromatic rings. The largest absolute Gasteiger partial charge is 0.414 e. The highest BCUT2D eigenvalue weighted by molar-refractivity contribution is 5.99. The summed E-state index contributed by atoms with van der Waals surface area (Å²) >= 11 is 0. The first-order valence-corrected chi connectivity index (χ1v) is 7.71. The summed E-state index contributed by atoms with van der Waals surface area (Å²) in [5.74, 6) is 0.289. The summed E-state index contributed by atoms with van der Waals surface area (Å²) in [6, 6.07) is 6.98. The molecular weight excluding hydrogens is 310 g/mol. The summed E-state index contributed by atoms with van der Waals surface area (Å²) in [6.07, 6.45) is 1.07. The van der Waals surface area contributed by atoms with Crippen LogP contribution in [0.4, 0.5) is 4.79 Å². The number of ether oxygens (including phenoxy) is 2. The Balaban J connectivity index is 1.93. The van der Waals surface area contributed by atoms with Gasteiger partial charge in [0.1, 0.15) is 5.75 Å². The van der Waals surface area contributed by atoms with Gasteiger partial charge in [0.05, 0.1) is 24.3 Å². The Morgan fingerprint density at radius 2 is 2.00 bits per heavy atom.